The van der Waals surface area contributed by atoms with Crippen LogP contribution >= 0.6 is 7.82 Å². The Morgan fingerprint density at radius 1 is 0.435 bits per heavy atom. The van der Waals surface area contributed by atoms with Gasteiger partial charge < -0.3 is 20.1 Å². The van der Waals surface area contributed by atoms with Crippen LogP contribution in [0.4, 0.5) is 0 Å². The zero-order chi connectivity index (χ0) is 50.2. The lowest BCUT2D eigenvalue weighted by Crippen LogP contribution is -2.29. The summed E-state index contributed by atoms with van der Waals surface area (Å²) in [5.74, 6) is -0.903. The number of rotatable bonds is 49. The van der Waals surface area contributed by atoms with E-state index >= 15 is 0 Å². The average molecular weight is 980 g/mol. The largest absolute Gasteiger partial charge is 0.472 e. The molecule has 69 heavy (non-hydrogen) atoms. The van der Waals surface area contributed by atoms with Gasteiger partial charge in [-0.3, -0.25) is 18.6 Å². The van der Waals surface area contributed by atoms with E-state index in [2.05, 4.69) is 129 Å². The molecule has 9 nitrogen and oxygen atoms in total. The maximum Gasteiger partial charge on any atom is 0.472 e. The first-order valence-electron chi connectivity index (χ1n) is 27.0. The molecular formula is C59H98NO8P. The van der Waals surface area contributed by atoms with E-state index in [-0.39, 0.29) is 32.6 Å². The summed E-state index contributed by atoms with van der Waals surface area (Å²) in [6.45, 7) is 3.44. The Morgan fingerprint density at radius 3 is 1.16 bits per heavy atom. The van der Waals surface area contributed by atoms with Gasteiger partial charge in [0.2, 0.25) is 0 Å². The molecule has 0 rings (SSSR count). The fourth-order valence-corrected chi connectivity index (χ4v) is 7.70. The molecule has 0 spiro atoms. The third kappa shape index (κ3) is 53.6. The van der Waals surface area contributed by atoms with Crippen LogP contribution in [0.5, 0.6) is 0 Å². The van der Waals surface area contributed by atoms with Crippen molar-refractivity contribution in [2.24, 2.45) is 5.73 Å². The Bertz CT molecular complexity index is 1540. The van der Waals surface area contributed by atoms with Crippen molar-refractivity contribution in [3.63, 3.8) is 0 Å². The molecule has 0 saturated heterocycles. The minimum Gasteiger partial charge on any atom is -0.462 e. The Labute approximate surface area is 421 Å². The van der Waals surface area contributed by atoms with Crippen molar-refractivity contribution in [3.05, 3.63) is 122 Å². The van der Waals surface area contributed by atoms with E-state index in [1.807, 2.05) is 6.08 Å². The molecule has 0 aromatic rings. The highest BCUT2D eigenvalue weighted by Crippen LogP contribution is 2.43. The highest BCUT2D eigenvalue weighted by molar-refractivity contribution is 7.47. The SMILES string of the molecule is CC/C=C\C/C=C\C/C=C\C/C=C\C/C=C\CCCCCCCCCCCCCCCCCC(=O)OC(COC(=O)CCC/C=C\C/C=C\C/C=C\C/C=C\C/C=C\CC)COP(=O)(O)OCCN. The number of esters is 2. The molecule has 10 heteroatoms. The van der Waals surface area contributed by atoms with E-state index in [0.717, 1.165) is 89.9 Å². The Hall–Kier alpha value is -3.59. The number of carbonyl (C=O) groups excluding carboxylic acids is 2. The van der Waals surface area contributed by atoms with Gasteiger partial charge in [0.15, 0.2) is 6.10 Å². The Kier molecular flexibility index (Phi) is 51.0. The maximum atomic E-state index is 12.7. The van der Waals surface area contributed by atoms with Crippen LogP contribution in [0.15, 0.2) is 122 Å². The van der Waals surface area contributed by atoms with Crippen molar-refractivity contribution in [2.75, 3.05) is 26.4 Å². The van der Waals surface area contributed by atoms with Gasteiger partial charge in [0.1, 0.15) is 6.61 Å². The van der Waals surface area contributed by atoms with E-state index in [0.29, 0.717) is 12.8 Å². The molecule has 2 unspecified atom stereocenters. The van der Waals surface area contributed by atoms with Gasteiger partial charge in [-0.2, -0.15) is 0 Å². The molecule has 0 aromatic carbocycles. The van der Waals surface area contributed by atoms with Gasteiger partial charge in [0, 0.05) is 19.4 Å². The van der Waals surface area contributed by atoms with Crippen molar-refractivity contribution < 1.29 is 37.6 Å². The minimum atomic E-state index is -4.40. The molecule has 0 radical (unpaired) electrons. The van der Waals surface area contributed by atoms with Gasteiger partial charge in [0.05, 0.1) is 13.2 Å². The van der Waals surface area contributed by atoms with Crippen LogP contribution < -0.4 is 5.73 Å². The molecular weight excluding hydrogens is 882 g/mol. The van der Waals surface area contributed by atoms with E-state index < -0.39 is 32.5 Å². The third-order valence-corrected chi connectivity index (χ3v) is 11.8. The zero-order valence-electron chi connectivity index (χ0n) is 43.5. The summed E-state index contributed by atoms with van der Waals surface area (Å²) in [5, 5.41) is 0. The van der Waals surface area contributed by atoms with Crippen LogP contribution in [-0.4, -0.2) is 49.3 Å². The van der Waals surface area contributed by atoms with Gasteiger partial charge in [-0.15, -0.1) is 0 Å². The standard InChI is InChI=1S/C59H98NO8P/c1-3-5-7-9-11-13-15-17-19-21-22-23-24-25-26-27-28-29-30-31-32-33-34-36-38-40-42-44-46-48-50-52-59(62)68-57(56-67-69(63,64)66-54-53-60)55-65-58(61)51-49-47-45-43-41-39-37-35-20-18-16-14-12-10-8-6-4-2/h5-8,11-14,17-20,22-23,25-26,37,39,43,45,57H,3-4,9-10,15-16,21,24,27-36,38,40-42,44,46-56,60H2,1-2H3,(H,63,64)/b7-5-,8-6-,13-11-,14-12-,19-17-,20-18-,23-22-,26-25-,39-37-,45-43-. The monoisotopic (exact) mass is 980 g/mol. The quantitative estimate of drug-likeness (QED) is 0.0264. The summed E-state index contributed by atoms with van der Waals surface area (Å²) in [4.78, 5) is 35.1. The molecule has 392 valence electrons. The highest BCUT2D eigenvalue weighted by atomic mass is 31.2. The lowest BCUT2D eigenvalue weighted by Gasteiger charge is -2.19. The fraction of sp³-hybridized carbons (Fsp3) is 0.627. The number of hydrogen-bond acceptors (Lipinski definition) is 8. The van der Waals surface area contributed by atoms with E-state index in [4.69, 9.17) is 24.3 Å². The number of nitrogens with two attached hydrogens (primary N) is 1. The number of hydrogen-bond donors (Lipinski definition) is 2. The summed E-state index contributed by atoms with van der Waals surface area (Å²) in [7, 11) is -4.40. The molecule has 0 aliphatic rings. The molecule has 0 aliphatic heterocycles. The molecule has 3 N–H and O–H groups in total. The number of allylic oxidation sites excluding steroid dienone is 20. The summed E-state index contributed by atoms with van der Waals surface area (Å²) < 4.78 is 32.9. The van der Waals surface area contributed by atoms with E-state index in [1.165, 1.54) is 77.0 Å². The predicted molar refractivity (Wildman–Crippen MR) is 293 cm³/mol. The third-order valence-electron chi connectivity index (χ3n) is 10.8. The highest BCUT2D eigenvalue weighted by Gasteiger charge is 2.26. The summed E-state index contributed by atoms with van der Waals surface area (Å²) >= 11 is 0. The van der Waals surface area contributed by atoms with Crippen LogP contribution in [0.1, 0.15) is 206 Å². The smallest absolute Gasteiger partial charge is 0.462 e. The molecule has 0 aromatic heterocycles. The molecule has 0 aliphatic carbocycles. The first kappa shape index (κ1) is 65.4. The van der Waals surface area contributed by atoms with Gasteiger partial charge in [-0.25, -0.2) is 4.57 Å². The van der Waals surface area contributed by atoms with Crippen molar-refractivity contribution in [1.29, 1.82) is 0 Å². The van der Waals surface area contributed by atoms with Crippen LogP contribution in [0, 0.1) is 0 Å². The Balaban J connectivity index is 4.03. The van der Waals surface area contributed by atoms with Gasteiger partial charge in [-0.1, -0.05) is 219 Å². The number of carbonyl (C=O) groups is 2. The lowest BCUT2D eigenvalue weighted by molar-refractivity contribution is -0.161. The second-order valence-corrected chi connectivity index (χ2v) is 18.8. The van der Waals surface area contributed by atoms with E-state index in [9.17, 15) is 19.0 Å². The number of ether oxygens (including phenoxy) is 2. The van der Waals surface area contributed by atoms with Crippen molar-refractivity contribution in [2.45, 2.75) is 213 Å². The van der Waals surface area contributed by atoms with E-state index in [1.54, 1.807) is 0 Å². The molecule has 2 atom stereocenters. The number of phosphoric ester groups is 1. The second-order valence-electron chi connectivity index (χ2n) is 17.3. The fourth-order valence-electron chi connectivity index (χ4n) is 6.93. The maximum absolute atomic E-state index is 12.7. The first-order chi connectivity index (χ1) is 33.8. The van der Waals surface area contributed by atoms with Crippen molar-refractivity contribution >= 4 is 19.8 Å². The first-order valence-corrected chi connectivity index (χ1v) is 28.5. The molecule has 0 saturated carbocycles. The van der Waals surface area contributed by atoms with Crippen molar-refractivity contribution in [1.82, 2.24) is 0 Å². The summed E-state index contributed by atoms with van der Waals surface area (Å²) in [6, 6.07) is 0. The number of unbranched alkanes of at least 4 members (excludes halogenated alkanes) is 16. The minimum absolute atomic E-state index is 0.0402. The predicted octanol–water partition coefficient (Wildman–Crippen LogP) is 16.8. The second kappa shape index (κ2) is 53.8. The molecule has 0 amide bonds. The van der Waals surface area contributed by atoms with Crippen LogP contribution in [0.25, 0.3) is 0 Å². The zero-order valence-corrected chi connectivity index (χ0v) is 44.4. The summed E-state index contributed by atoms with van der Waals surface area (Å²) in [6.07, 6.45) is 74.0. The topological polar surface area (TPSA) is 134 Å². The van der Waals surface area contributed by atoms with Gasteiger partial charge in [0.25, 0.3) is 0 Å². The van der Waals surface area contributed by atoms with Crippen LogP contribution in [-0.2, 0) is 32.7 Å². The van der Waals surface area contributed by atoms with Crippen LogP contribution in [0.2, 0.25) is 0 Å². The van der Waals surface area contributed by atoms with Crippen LogP contribution in [0.3, 0.4) is 0 Å². The molecule has 0 bridgehead atoms. The van der Waals surface area contributed by atoms with Crippen molar-refractivity contribution in [3.8, 4) is 0 Å². The van der Waals surface area contributed by atoms with Gasteiger partial charge in [-0.05, 0) is 96.3 Å². The normalized spacial score (nSPS) is 14.1. The molecule has 0 heterocycles. The Morgan fingerprint density at radius 2 is 0.768 bits per heavy atom. The number of phosphoric acid groups is 1. The average Bonchev–Trinajstić information content (AvgIpc) is 3.34. The summed E-state index contributed by atoms with van der Waals surface area (Å²) in [5.41, 5.74) is 5.37. The van der Waals surface area contributed by atoms with Gasteiger partial charge >= 0.3 is 19.8 Å². The molecule has 0 fully saturated rings. The lowest BCUT2D eigenvalue weighted by atomic mass is 10.0.